The number of hydrogen-bond acceptors (Lipinski definition) is 6. The molecule has 1 fully saturated rings. The van der Waals surface area contributed by atoms with E-state index in [0.717, 1.165) is 4.90 Å². The first kappa shape index (κ1) is 15.0. The zero-order chi connectivity index (χ0) is 16.6. The van der Waals surface area contributed by atoms with E-state index < -0.39 is 30.2 Å². The van der Waals surface area contributed by atoms with Crippen LogP contribution in [-0.2, 0) is 9.59 Å². The molecule has 4 amide bonds. The van der Waals surface area contributed by atoms with Crippen molar-refractivity contribution in [3.8, 4) is 11.5 Å². The summed E-state index contributed by atoms with van der Waals surface area (Å²) in [6, 6.07) is 3.86. The molecule has 8 heteroatoms. The maximum atomic E-state index is 12.3. The molecule has 0 aromatic heterocycles. The van der Waals surface area contributed by atoms with Crippen molar-refractivity contribution in [3.63, 3.8) is 0 Å². The highest BCUT2D eigenvalue weighted by Gasteiger charge is 2.44. The molecule has 0 radical (unpaired) electrons. The smallest absolute Gasteiger partial charge is 0.334 e. The van der Waals surface area contributed by atoms with Crippen LogP contribution in [0.4, 0.5) is 4.79 Å². The molecular weight excluding hydrogens is 304 g/mol. The van der Waals surface area contributed by atoms with Crippen LogP contribution in [0.25, 0.3) is 0 Å². The molecule has 0 aliphatic carbocycles. The van der Waals surface area contributed by atoms with Crippen LogP contribution in [0, 0.1) is 0 Å². The summed E-state index contributed by atoms with van der Waals surface area (Å²) in [5, 5.41) is 0. The molecule has 0 N–H and O–H groups in total. The van der Waals surface area contributed by atoms with E-state index in [-0.39, 0.29) is 12.1 Å². The number of ketones is 1. The highest BCUT2D eigenvalue weighted by atomic mass is 16.6. The van der Waals surface area contributed by atoms with Gasteiger partial charge < -0.3 is 9.47 Å². The minimum absolute atomic E-state index is 0.0815. The Kier molecular flexibility index (Phi) is 3.73. The monoisotopic (exact) mass is 318 g/mol. The van der Waals surface area contributed by atoms with E-state index in [2.05, 4.69) is 0 Å². The van der Waals surface area contributed by atoms with E-state index in [0.29, 0.717) is 29.6 Å². The Morgan fingerprint density at radius 3 is 2.35 bits per heavy atom. The number of fused-ring (bicyclic) bond motifs is 1. The van der Waals surface area contributed by atoms with Crippen molar-refractivity contribution < 1.29 is 28.7 Å². The number of carbonyl (C=O) groups excluding carboxylic acids is 4. The molecule has 23 heavy (non-hydrogen) atoms. The summed E-state index contributed by atoms with van der Waals surface area (Å²) >= 11 is 0. The molecule has 1 saturated heterocycles. The van der Waals surface area contributed by atoms with Crippen LogP contribution in [0.2, 0.25) is 0 Å². The molecule has 1 aromatic rings. The fourth-order valence-corrected chi connectivity index (χ4v) is 2.42. The molecular formula is C15H14N2O6. The van der Waals surface area contributed by atoms with E-state index in [4.69, 9.17) is 9.47 Å². The number of amides is 4. The Morgan fingerprint density at radius 1 is 1.04 bits per heavy atom. The Bertz CT molecular complexity index is 714. The topological polar surface area (TPSA) is 93.2 Å². The average Bonchev–Trinajstić information content (AvgIpc) is 2.77. The van der Waals surface area contributed by atoms with Gasteiger partial charge in [0.1, 0.15) is 13.2 Å². The van der Waals surface area contributed by atoms with Gasteiger partial charge in [-0.1, -0.05) is 0 Å². The van der Waals surface area contributed by atoms with Gasteiger partial charge in [0.2, 0.25) is 0 Å². The molecule has 1 aromatic carbocycles. The molecule has 2 heterocycles. The van der Waals surface area contributed by atoms with Crippen molar-refractivity contribution in [3.05, 3.63) is 23.8 Å². The molecule has 2 aliphatic heterocycles. The number of carbonyl (C=O) groups is 4. The third-order valence-electron chi connectivity index (χ3n) is 3.62. The van der Waals surface area contributed by atoms with Crippen molar-refractivity contribution in [1.29, 1.82) is 0 Å². The second-order valence-corrected chi connectivity index (χ2v) is 5.00. The van der Waals surface area contributed by atoms with Crippen molar-refractivity contribution in [1.82, 2.24) is 9.80 Å². The Labute approximate surface area is 131 Å². The molecule has 0 saturated carbocycles. The lowest BCUT2D eigenvalue weighted by Gasteiger charge is -2.19. The molecule has 0 unspecified atom stereocenters. The number of urea groups is 1. The van der Waals surface area contributed by atoms with Gasteiger partial charge in [0.25, 0.3) is 0 Å². The SMILES string of the molecule is CCN1C(=O)C(=O)N(CC(=O)c2ccc3c(c2)OCCO3)C1=O. The van der Waals surface area contributed by atoms with Gasteiger partial charge in [0, 0.05) is 12.1 Å². The summed E-state index contributed by atoms with van der Waals surface area (Å²) in [4.78, 5) is 49.2. The van der Waals surface area contributed by atoms with Gasteiger partial charge in [-0.2, -0.15) is 0 Å². The fraction of sp³-hybridized carbons (Fsp3) is 0.333. The van der Waals surface area contributed by atoms with Gasteiger partial charge in [-0.05, 0) is 25.1 Å². The first-order valence-electron chi connectivity index (χ1n) is 7.13. The van der Waals surface area contributed by atoms with Gasteiger partial charge >= 0.3 is 17.8 Å². The van der Waals surface area contributed by atoms with Crippen LogP contribution < -0.4 is 9.47 Å². The molecule has 3 rings (SSSR count). The van der Waals surface area contributed by atoms with Gasteiger partial charge in [-0.25, -0.2) is 9.69 Å². The minimum Gasteiger partial charge on any atom is -0.486 e. The van der Waals surface area contributed by atoms with Crippen LogP contribution in [0.5, 0.6) is 11.5 Å². The highest BCUT2D eigenvalue weighted by Crippen LogP contribution is 2.31. The second-order valence-electron chi connectivity index (χ2n) is 5.00. The summed E-state index contributed by atoms with van der Waals surface area (Å²) < 4.78 is 10.8. The maximum Gasteiger partial charge on any atom is 0.334 e. The summed E-state index contributed by atoms with van der Waals surface area (Å²) in [6.07, 6.45) is 0. The van der Waals surface area contributed by atoms with E-state index in [1.54, 1.807) is 13.0 Å². The van der Waals surface area contributed by atoms with E-state index in [1.165, 1.54) is 12.1 Å². The average molecular weight is 318 g/mol. The van der Waals surface area contributed by atoms with E-state index >= 15 is 0 Å². The lowest BCUT2D eigenvalue weighted by atomic mass is 10.1. The van der Waals surface area contributed by atoms with Gasteiger partial charge in [0.05, 0.1) is 6.54 Å². The van der Waals surface area contributed by atoms with Crippen LogP contribution in [0.1, 0.15) is 17.3 Å². The number of benzene rings is 1. The Balaban J connectivity index is 1.78. The Hall–Kier alpha value is -2.90. The summed E-state index contributed by atoms with van der Waals surface area (Å²) in [5.74, 6) is -1.38. The van der Waals surface area contributed by atoms with Crippen LogP contribution in [-0.4, -0.2) is 59.7 Å². The van der Waals surface area contributed by atoms with E-state index in [1.807, 2.05) is 0 Å². The number of imide groups is 2. The summed E-state index contributed by atoms with van der Waals surface area (Å²) in [5.41, 5.74) is 0.275. The highest BCUT2D eigenvalue weighted by molar-refractivity contribution is 6.45. The molecule has 8 nitrogen and oxygen atoms in total. The van der Waals surface area contributed by atoms with Gasteiger partial charge in [-0.15, -0.1) is 0 Å². The maximum absolute atomic E-state index is 12.3. The molecule has 0 atom stereocenters. The molecule has 120 valence electrons. The predicted octanol–water partition coefficient (Wildman–Crippen LogP) is 0.451. The number of hydrogen-bond donors (Lipinski definition) is 0. The quantitative estimate of drug-likeness (QED) is 0.455. The Morgan fingerprint density at radius 2 is 1.70 bits per heavy atom. The number of likely N-dealkylation sites (N-methyl/N-ethyl adjacent to an activating group) is 1. The normalized spacial score (nSPS) is 17.0. The summed E-state index contributed by atoms with van der Waals surface area (Å²) in [7, 11) is 0. The lowest BCUT2D eigenvalue weighted by Crippen LogP contribution is -2.37. The number of ether oxygens (including phenoxy) is 2. The number of nitrogens with zero attached hydrogens (tertiary/aromatic N) is 2. The predicted molar refractivity (Wildman–Crippen MR) is 76.3 cm³/mol. The number of rotatable bonds is 4. The van der Waals surface area contributed by atoms with Crippen molar-refractivity contribution in [2.45, 2.75) is 6.92 Å². The molecule has 0 spiro atoms. The van der Waals surface area contributed by atoms with Crippen molar-refractivity contribution >= 4 is 23.6 Å². The largest absolute Gasteiger partial charge is 0.486 e. The van der Waals surface area contributed by atoms with Crippen LogP contribution in [0.3, 0.4) is 0 Å². The third-order valence-corrected chi connectivity index (χ3v) is 3.62. The first-order valence-corrected chi connectivity index (χ1v) is 7.13. The zero-order valence-corrected chi connectivity index (χ0v) is 12.4. The van der Waals surface area contributed by atoms with Crippen molar-refractivity contribution in [2.75, 3.05) is 26.3 Å². The van der Waals surface area contributed by atoms with Crippen LogP contribution >= 0.6 is 0 Å². The van der Waals surface area contributed by atoms with Gasteiger partial charge in [-0.3, -0.25) is 19.3 Å². The van der Waals surface area contributed by atoms with Gasteiger partial charge in [0.15, 0.2) is 17.3 Å². The fourth-order valence-electron chi connectivity index (χ4n) is 2.42. The second kappa shape index (κ2) is 5.71. The first-order chi connectivity index (χ1) is 11.0. The number of Topliss-reactive ketones (excluding diaryl/α,β-unsaturated/α-hetero) is 1. The molecule has 2 aliphatic rings. The van der Waals surface area contributed by atoms with Crippen LogP contribution in [0.15, 0.2) is 18.2 Å². The molecule has 0 bridgehead atoms. The standard InChI is InChI=1S/C15H14N2O6/c1-2-16-13(19)14(20)17(15(16)21)8-10(18)9-3-4-11-12(7-9)23-6-5-22-11/h3-4,7H,2,5-6,8H2,1H3. The minimum atomic E-state index is -0.984. The zero-order valence-electron chi connectivity index (χ0n) is 12.4. The lowest BCUT2D eigenvalue weighted by molar-refractivity contribution is -0.143. The third kappa shape index (κ3) is 2.52. The van der Waals surface area contributed by atoms with Crippen molar-refractivity contribution in [2.24, 2.45) is 0 Å². The van der Waals surface area contributed by atoms with E-state index in [9.17, 15) is 19.2 Å². The summed E-state index contributed by atoms with van der Waals surface area (Å²) in [6.45, 7) is 1.99.